The summed E-state index contributed by atoms with van der Waals surface area (Å²) in [5, 5.41) is 3.27. The topological polar surface area (TPSA) is 65.5 Å². The van der Waals surface area contributed by atoms with Crippen LogP contribution >= 0.6 is 0 Å². The van der Waals surface area contributed by atoms with Gasteiger partial charge in [-0.15, -0.1) is 0 Å². The maximum absolute atomic E-state index is 5.22. The van der Waals surface area contributed by atoms with E-state index in [0.717, 1.165) is 17.0 Å². The van der Waals surface area contributed by atoms with E-state index in [1.54, 1.807) is 21.3 Å². The largest absolute Gasteiger partial charge is 0.497 e. The van der Waals surface area contributed by atoms with E-state index in [1.807, 2.05) is 24.3 Å². The third kappa shape index (κ3) is 3.09. The molecule has 6 heteroatoms. The van der Waals surface area contributed by atoms with E-state index in [0.29, 0.717) is 18.3 Å². The zero-order valence-corrected chi connectivity index (χ0v) is 11.7. The third-order valence-corrected chi connectivity index (χ3v) is 2.81. The Balaban J connectivity index is 2.13. The van der Waals surface area contributed by atoms with E-state index in [2.05, 4.69) is 15.3 Å². The van der Waals surface area contributed by atoms with Gasteiger partial charge in [-0.25, -0.2) is 9.97 Å². The van der Waals surface area contributed by atoms with Gasteiger partial charge in [-0.1, -0.05) is 0 Å². The average Bonchev–Trinajstić information content (AvgIpc) is 2.52. The highest BCUT2D eigenvalue weighted by Gasteiger charge is 2.12. The minimum absolute atomic E-state index is 0.498. The van der Waals surface area contributed by atoms with Crippen LogP contribution in [0.2, 0.25) is 0 Å². The van der Waals surface area contributed by atoms with Crippen LogP contribution in [-0.4, -0.2) is 31.3 Å². The van der Waals surface area contributed by atoms with Crippen LogP contribution in [0.25, 0.3) is 0 Å². The van der Waals surface area contributed by atoms with Gasteiger partial charge in [0.2, 0.25) is 11.8 Å². The summed E-state index contributed by atoms with van der Waals surface area (Å²) < 4.78 is 15.6. The first-order chi connectivity index (χ1) is 9.78. The molecule has 0 aliphatic heterocycles. The smallest absolute Gasteiger partial charge is 0.225 e. The number of hydrogen-bond donors (Lipinski definition) is 1. The fraction of sp³-hybridized carbons (Fsp3) is 0.286. The molecule has 0 aliphatic rings. The number of anilines is 1. The van der Waals surface area contributed by atoms with Crippen molar-refractivity contribution < 1.29 is 14.2 Å². The summed E-state index contributed by atoms with van der Waals surface area (Å²) in [6.45, 7) is 0.500. The highest BCUT2D eigenvalue weighted by molar-refractivity contribution is 5.48. The van der Waals surface area contributed by atoms with Crippen molar-refractivity contribution in [1.82, 2.24) is 9.97 Å². The molecule has 0 aliphatic carbocycles. The maximum Gasteiger partial charge on any atom is 0.225 e. The Morgan fingerprint density at radius 1 is 0.900 bits per heavy atom. The Kier molecular flexibility index (Phi) is 4.60. The van der Waals surface area contributed by atoms with Gasteiger partial charge >= 0.3 is 0 Å². The molecule has 0 bridgehead atoms. The Bertz CT molecular complexity index is 536. The lowest BCUT2D eigenvalue weighted by molar-refractivity contribution is 0.363. The van der Waals surface area contributed by atoms with Crippen LogP contribution in [0.5, 0.6) is 17.5 Å². The van der Waals surface area contributed by atoms with Crippen LogP contribution in [0.15, 0.2) is 30.6 Å². The van der Waals surface area contributed by atoms with Gasteiger partial charge in [0.05, 0.1) is 33.4 Å². The summed E-state index contributed by atoms with van der Waals surface area (Å²) in [5.74, 6) is 1.81. The van der Waals surface area contributed by atoms with Crippen molar-refractivity contribution in [1.29, 1.82) is 0 Å². The highest BCUT2D eigenvalue weighted by atomic mass is 16.5. The van der Waals surface area contributed by atoms with Gasteiger partial charge in [0.15, 0.2) is 0 Å². The van der Waals surface area contributed by atoms with E-state index >= 15 is 0 Å². The molecule has 0 atom stereocenters. The van der Waals surface area contributed by atoms with Crippen molar-refractivity contribution in [2.75, 3.05) is 26.6 Å². The zero-order chi connectivity index (χ0) is 14.4. The number of aromatic nitrogens is 2. The summed E-state index contributed by atoms with van der Waals surface area (Å²) >= 11 is 0. The molecule has 1 aromatic heterocycles. The van der Waals surface area contributed by atoms with Gasteiger partial charge in [-0.3, -0.25) is 0 Å². The van der Waals surface area contributed by atoms with Crippen molar-refractivity contribution in [3.63, 3.8) is 0 Å². The van der Waals surface area contributed by atoms with Crippen LogP contribution in [0.4, 0.5) is 5.69 Å². The summed E-state index contributed by atoms with van der Waals surface area (Å²) in [4.78, 5) is 8.14. The molecule has 0 unspecified atom stereocenters. The minimum Gasteiger partial charge on any atom is -0.497 e. The van der Waals surface area contributed by atoms with Crippen molar-refractivity contribution in [2.24, 2.45) is 0 Å². The number of methoxy groups -OCH3 is 3. The lowest BCUT2D eigenvalue weighted by Gasteiger charge is -2.12. The van der Waals surface area contributed by atoms with Crippen molar-refractivity contribution >= 4 is 5.69 Å². The number of ether oxygens (including phenoxy) is 3. The second kappa shape index (κ2) is 6.60. The van der Waals surface area contributed by atoms with E-state index in [-0.39, 0.29) is 0 Å². The van der Waals surface area contributed by atoms with Crippen LogP contribution in [-0.2, 0) is 6.54 Å². The molecule has 20 heavy (non-hydrogen) atoms. The standard InChI is InChI=1S/C14H17N3O3/c1-18-11-6-4-10(5-7-11)15-8-12-13(19-2)16-9-17-14(12)20-3/h4-7,9,15H,8H2,1-3H3. The van der Waals surface area contributed by atoms with Crippen LogP contribution in [0.1, 0.15) is 5.56 Å². The van der Waals surface area contributed by atoms with Crippen molar-refractivity contribution in [2.45, 2.75) is 6.54 Å². The maximum atomic E-state index is 5.22. The summed E-state index contributed by atoms with van der Waals surface area (Å²) in [5.41, 5.74) is 1.73. The second-order valence-corrected chi connectivity index (χ2v) is 3.95. The predicted molar refractivity (Wildman–Crippen MR) is 75.5 cm³/mol. The molecule has 0 saturated carbocycles. The van der Waals surface area contributed by atoms with Gasteiger partial charge in [-0.2, -0.15) is 0 Å². The van der Waals surface area contributed by atoms with Gasteiger partial charge in [0.25, 0.3) is 0 Å². The van der Waals surface area contributed by atoms with Crippen molar-refractivity contribution in [3.05, 3.63) is 36.2 Å². The summed E-state index contributed by atoms with van der Waals surface area (Å²) in [6, 6.07) is 7.64. The molecule has 1 aromatic carbocycles. The number of benzene rings is 1. The number of hydrogen-bond acceptors (Lipinski definition) is 6. The fourth-order valence-electron chi connectivity index (χ4n) is 1.78. The molecule has 2 rings (SSSR count). The SMILES string of the molecule is COc1ccc(NCc2c(OC)ncnc2OC)cc1. The van der Waals surface area contributed by atoms with E-state index < -0.39 is 0 Å². The molecule has 0 spiro atoms. The number of nitrogens with zero attached hydrogens (tertiary/aromatic N) is 2. The Morgan fingerprint density at radius 3 is 2.00 bits per heavy atom. The minimum atomic E-state index is 0.498. The van der Waals surface area contributed by atoms with Gasteiger partial charge in [0, 0.05) is 5.69 Å². The lowest BCUT2D eigenvalue weighted by Crippen LogP contribution is -2.06. The fourth-order valence-corrected chi connectivity index (χ4v) is 1.78. The molecular weight excluding hydrogens is 258 g/mol. The van der Waals surface area contributed by atoms with Crippen LogP contribution in [0.3, 0.4) is 0 Å². The Morgan fingerprint density at radius 2 is 1.50 bits per heavy atom. The molecule has 0 fully saturated rings. The van der Waals surface area contributed by atoms with Crippen LogP contribution < -0.4 is 19.5 Å². The van der Waals surface area contributed by atoms with E-state index in [9.17, 15) is 0 Å². The first-order valence-electron chi connectivity index (χ1n) is 6.08. The van der Waals surface area contributed by atoms with Gasteiger partial charge in [0.1, 0.15) is 12.1 Å². The number of nitrogens with one attached hydrogen (secondary N) is 1. The van der Waals surface area contributed by atoms with E-state index in [1.165, 1.54) is 6.33 Å². The molecule has 1 heterocycles. The first-order valence-corrected chi connectivity index (χ1v) is 6.08. The number of rotatable bonds is 6. The summed E-state index contributed by atoms with van der Waals surface area (Å²) in [6.07, 6.45) is 1.41. The molecular formula is C14H17N3O3. The average molecular weight is 275 g/mol. The molecule has 1 N–H and O–H groups in total. The normalized spacial score (nSPS) is 9.95. The molecule has 0 saturated heterocycles. The quantitative estimate of drug-likeness (QED) is 0.871. The van der Waals surface area contributed by atoms with Gasteiger partial charge < -0.3 is 19.5 Å². The molecule has 106 valence electrons. The molecule has 2 aromatic rings. The van der Waals surface area contributed by atoms with Crippen LogP contribution in [0, 0.1) is 0 Å². The second-order valence-electron chi connectivity index (χ2n) is 3.95. The molecule has 6 nitrogen and oxygen atoms in total. The van der Waals surface area contributed by atoms with E-state index in [4.69, 9.17) is 14.2 Å². The zero-order valence-electron chi connectivity index (χ0n) is 11.7. The lowest BCUT2D eigenvalue weighted by atomic mass is 10.2. The molecule has 0 radical (unpaired) electrons. The Hall–Kier alpha value is -2.50. The highest BCUT2D eigenvalue weighted by Crippen LogP contribution is 2.24. The van der Waals surface area contributed by atoms with Crippen molar-refractivity contribution in [3.8, 4) is 17.5 Å². The monoisotopic (exact) mass is 275 g/mol. The third-order valence-electron chi connectivity index (χ3n) is 2.81. The molecule has 0 amide bonds. The predicted octanol–water partition coefficient (Wildman–Crippen LogP) is 2.11. The first kappa shape index (κ1) is 13.9. The summed E-state index contributed by atoms with van der Waals surface area (Å²) in [7, 11) is 4.77. The Labute approximate surface area is 117 Å². The van der Waals surface area contributed by atoms with Gasteiger partial charge in [-0.05, 0) is 24.3 Å².